The summed E-state index contributed by atoms with van der Waals surface area (Å²) >= 11 is 5.92. The highest BCUT2D eigenvalue weighted by atomic mass is 35.5. The second-order valence-corrected chi connectivity index (χ2v) is 5.40. The van der Waals surface area contributed by atoms with Crippen molar-refractivity contribution >= 4 is 17.4 Å². The van der Waals surface area contributed by atoms with Crippen molar-refractivity contribution in [3.05, 3.63) is 15.4 Å². The molecule has 1 aliphatic rings. The smallest absolute Gasteiger partial charge is 0.300 e. The Balaban J connectivity index is 2.31. The van der Waals surface area contributed by atoms with E-state index in [2.05, 4.69) is 10.3 Å². The minimum Gasteiger partial charge on any atom is -0.468 e. The van der Waals surface area contributed by atoms with Crippen LogP contribution in [0.4, 0.5) is 5.82 Å². The summed E-state index contributed by atoms with van der Waals surface area (Å²) in [6.45, 7) is -0.579. The van der Waals surface area contributed by atoms with Gasteiger partial charge in [-0.15, -0.1) is 0 Å². The molecule has 0 aromatic carbocycles. The Hall–Kier alpha value is -1.43. The Kier molecular flexibility index (Phi) is 5.45. The average Bonchev–Trinajstić information content (AvgIpc) is 2.55. The summed E-state index contributed by atoms with van der Waals surface area (Å²) < 4.78 is 11.3. The number of nitrogens with one attached hydrogen (secondary N) is 1. The fraction of sp³-hybridized carbons (Fsp3) is 0.667. The zero-order valence-corrected chi connectivity index (χ0v) is 13.1. The molecule has 10 nitrogen and oxygen atoms in total. The third-order valence-electron chi connectivity index (χ3n) is 3.55. The first kappa shape index (κ1) is 17.9. The highest BCUT2D eigenvalue weighted by molar-refractivity contribution is 6.32. The van der Waals surface area contributed by atoms with Crippen LogP contribution in [0.1, 0.15) is 0 Å². The molecular formula is C12H18ClN3O7. The van der Waals surface area contributed by atoms with E-state index >= 15 is 0 Å². The molecule has 1 aromatic heterocycles. The molecule has 1 saturated heterocycles. The van der Waals surface area contributed by atoms with Crippen molar-refractivity contribution in [2.24, 2.45) is 7.05 Å². The first-order valence-corrected chi connectivity index (χ1v) is 7.07. The second-order valence-electron chi connectivity index (χ2n) is 5.02. The monoisotopic (exact) mass is 351 g/mol. The highest BCUT2D eigenvalue weighted by Gasteiger charge is 2.43. The van der Waals surface area contributed by atoms with E-state index in [9.17, 15) is 20.1 Å². The van der Waals surface area contributed by atoms with E-state index < -0.39 is 42.8 Å². The summed E-state index contributed by atoms with van der Waals surface area (Å²) in [6, 6.07) is -0.0357. The molecule has 0 spiro atoms. The van der Waals surface area contributed by atoms with E-state index in [4.69, 9.17) is 26.2 Å². The summed E-state index contributed by atoms with van der Waals surface area (Å²) in [5.74, 6) is -0.129. The van der Waals surface area contributed by atoms with Gasteiger partial charge in [-0.3, -0.25) is 9.36 Å². The molecule has 0 bridgehead atoms. The van der Waals surface area contributed by atoms with Crippen LogP contribution in [0.15, 0.2) is 4.79 Å². The van der Waals surface area contributed by atoms with Gasteiger partial charge in [0.05, 0.1) is 13.7 Å². The zero-order chi connectivity index (χ0) is 17.3. The Labute approximate surface area is 135 Å². The molecule has 11 heteroatoms. The van der Waals surface area contributed by atoms with Crippen molar-refractivity contribution in [3.8, 4) is 6.01 Å². The summed E-state index contributed by atoms with van der Waals surface area (Å²) in [5, 5.41) is 40.9. The minimum atomic E-state index is -1.56. The van der Waals surface area contributed by atoms with Crippen molar-refractivity contribution in [1.82, 2.24) is 9.55 Å². The predicted octanol–water partition coefficient (Wildman–Crippen LogP) is -2.35. The number of aromatic nitrogens is 2. The predicted molar refractivity (Wildman–Crippen MR) is 78.4 cm³/mol. The molecule has 0 saturated carbocycles. The van der Waals surface area contributed by atoms with Crippen LogP contribution in [-0.2, 0) is 11.8 Å². The molecule has 0 radical (unpaired) electrons. The Bertz CT molecular complexity index is 623. The van der Waals surface area contributed by atoms with Crippen LogP contribution in [0.3, 0.4) is 0 Å². The van der Waals surface area contributed by atoms with Gasteiger partial charge in [-0.1, -0.05) is 11.6 Å². The third kappa shape index (κ3) is 3.27. The Morgan fingerprint density at radius 2 is 2.00 bits per heavy atom. The van der Waals surface area contributed by atoms with Crippen LogP contribution in [0, 0.1) is 0 Å². The third-order valence-corrected chi connectivity index (χ3v) is 3.89. The van der Waals surface area contributed by atoms with Crippen LogP contribution in [0.25, 0.3) is 0 Å². The van der Waals surface area contributed by atoms with E-state index in [1.165, 1.54) is 14.2 Å². The van der Waals surface area contributed by atoms with Crippen molar-refractivity contribution < 1.29 is 29.9 Å². The molecule has 5 atom stereocenters. The van der Waals surface area contributed by atoms with Gasteiger partial charge in [-0.05, 0) is 0 Å². The molecule has 2 heterocycles. The maximum absolute atomic E-state index is 12.0. The van der Waals surface area contributed by atoms with Gasteiger partial charge >= 0.3 is 6.01 Å². The number of methoxy groups -OCH3 is 1. The molecule has 1 fully saturated rings. The highest BCUT2D eigenvalue weighted by Crippen LogP contribution is 2.25. The van der Waals surface area contributed by atoms with Gasteiger partial charge in [0.25, 0.3) is 5.56 Å². The number of rotatable bonds is 4. The molecule has 5 N–H and O–H groups in total. The quantitative estimate of drug-likeness (QED) is 0.402. The molecular weight excluding hydrogens is 334 g/mol. The van der Waals surface area contributed by atoms with Crippen LogP contribution >= 0.6 is 11.6 Å². The first-order chi connectivity index (χ1) is 10.8. The van der Waals surface area contributed by atoms with Crippen LogP contribution in [0.5, 0.6) is 6.01 Å². The lowest BCUT2D eigenvalue weighted by Crippen LogP contribution is -2.60. The lowest BCUT2D eigenvalue weighted by molar-refractivity contribution is -0.221. The molecule has 2 rings (SSSR count). The van der Waals surface area contributed by atoms with Crippen molar-refractivity contribution in [2.45, 2.75) is 30.6 Å². The minimum absolute atomic E-state index is 0.0357. The van der Waals surface area contributed by atoms with E-state index in [0.29, 0.717) is 0 Å². The molecule has 1 aromatic rings. The fourth-order valence-corrected chi connectivity index (χ4v) is 2.41. The van der Waals surface area contributed by atoms with E-state index in [1.54, 1.807) is 0 Å². The Morgan fingerprint density at radius 3 is 2.57 bits per heavy atom. The molecule has 130 valence electrons. The number of hydrogen-bond donors (Lipinski definition) is 5. The molecule has 0 unspecified atom stereocenters. The van der Waals surface area contributed by atoms with Crippen molar-refractivity contribution in [3.63, 3.8) is 0 Å². The molecule has 0 aliphatic carbocycles. The molecule has 0 amide bonds. The standard InChI is InChI=1S/C12H18ClN3O7/c1-16-11(21)5(13)9(15-12(16)22-2)14-10-8(20)7(19)6(18)4(3-17)23-10/h4,6-8,10,14,17-20H,3H2,1-2H3/t4-,6+,7+,8+,10+/m0/s1. The number of anilines is 1. The number of halogens is 1. The number of aliphatic hydroxyl groups excluding tert-OH is 4. The summed E-state index contributed by atoms with van der Waals surface area (Å²) in [5.41, 5.74) is -0.592. The van der Waals surface area contributed by atoms with Gasteiger partial charge in [-0.25, -0.2) is 0 Å². The normalized spacial score (nSPS) is 31.0. The Morgan fingerprint density at radius 1 is 1.35 bits per heavy atom. The molecule has 1 aliphatic heterocycles. The van der Waals surface area contributed by atoms with Gasteiger partial charge in [-0.2, -0.15) is 4.98 Å². The van der Waals surface area contributed by atoms with Crippen LogP contribution in [0.2, 0.25) is 5.02 Å². The number of aliphatic hydroxyl groups is 4. The van der Waals surface area contributed by atoms with E-state index in [-0.39, 0.29) is 16.9 Å². The fourth-order valence-electron chi connectivity index (χ4n) is 2.19. The first-order valence-electron chi connectivity index (χ1n) is 6.69. The van der Waals surface area contributed by atoms with Crippen molar-refractivity contribution in [2.75, 3.05) is 19.0 Å². The van der Waals surface area contributed by atoms with Crippen LogP contribution < -0.4 is 15.6 Å². The number of hydrogen-bond acceptors (Lipinski definition) is 9. The maximum atomic E-state index is 12.0. The van der Waals surface area contributed by atoms with Crippen molar-refractivity contribution in [1.29, 1.82) is 0 Å². The summed E-state index contributed by atoms with van der Waals surface area (Å²) in [7, 11) is 2.73. The average molecular weight is 352 g/mol. The largest absolute Gasteiger partial charge is 0.468 e. The zero-order valence-electron chi connectivity index (χ0n) is 12.4. The second kappa shape index (κ2) is 6.99. The topological polar surface area (TPSA) is 146 Å². The van der Waals surface area contributed by atoms with Gasteiger partial charge in [0.1, 0.15) is 29.4 Å². The van der Waals surface area contributed by atoms with Gasteiger partial charge in [0.2, 0.25) is 0 Å². The SMILES string of the molecule is COc1nc(N[C@@H]2O[C@@H](CO)[C@@H](O)[C@@H](O)[C@H]2O)c(Cl)c(=O)n1C. The van der Waals surface area contributed by atoms with E-state index in [1.807, 2.05) is 0 Å². The van der Waals surface area contributed by atoms with E-state index in [0.717, 1.165) is 4.57 Å². The van der Waals surface area contributed by atoms with Gasteiger partial charge in [0.15, 0.2) is 12.0 Å². The molecule has 23 heavy (non-hydrogen) atoms. The summed E-state index contributed by atoms with van der Waals surface area (Å²) in [4.78, 5) is 15.9. The number of ether oxygens (including phenoxy) is 2. The van der Waals surface area contributed by atoms with Gasteiger partial charge < -0.3 is 35.2 Å². The lowest BCUT2D eigenvalue weighted by atomic mass is 9.98. The number of nitrogens with zero attached hydrogens (tertiary/aromatic N) is 2. The lowest BCUT2D eigenvalue weighted by Gasteiger charge is -2.40. The maximum Gasteiger partial charge on any atom is 0.300 e. The summed E-state index contributed by atoms with van der Waals surface area (Å²) in [6.07, 6.45) is -6.95. The van der Waals surface area contributed by atoms with Gasteiger partial charge in [0, 0.05) is 7.05 Å². The van der Waals surface area contributed by atoms with Crippen LogP contribution in [-0.4, -0.2) is 74.3 Å².